The van der Waals surface area contributed by atoms with Crippen molar-refractivity contribution in [2.45, 2.75) is 0 Å². The van der Waals surface area contributed by atoms with Crippen LogP contribution in [0.3, 0.4) is 0 Å². The average Bonchev–Trinajstić information content (AvgIpc) is 3.03. The molecule has 0 fully saturated rings. The zero-order valence-electron chi connectivity index (χ0n) is 12.1. The number of para-hydroxylation sites is 2. The first kappa shape index (κ1) is 16.7. The molecule has 1 heterocycles. The highest BCUT2D eigenvalue weighted by molar-refractivity contribution is 6.03. The van der Waals surface area contributed by atoms with Crippen molar-refractivity contribution in [2.75, 3.05) is 0 Å². The van der Waals surface area contributed by atoms with Crippen LogP contribution in [0.4, 0.5) is 0 Å². The number of carboxylic acid groups (broad SMARTS) is 3. The number of hydrogen-bond donors (Lipinski definition) is 4. The average molecular weight is 328 g/mol. The molecule has 0 aliphatic carbocycles. The smallest absolute Gasteiger partial charge is 0.336 e. The van der Waals surface area contributed by atoms with Gasteiger partial charge in [-0.3, -0.25) is 0 Å². The number of carbonyl (C=O) groups is 3. The summed E-state index contributed by atoms with van der Waals surface area (Å²) in [6.45, 7) is 0. The minimum Gasteiger partial charge on any atom is -0.478 e. The van der Waals surface area contributed by atoms with E-state index in [0.29, 0.717) is 0 Å². The lowest BCUT2D eigenvalue weighted by atomic mass is 10.0. The fourth-order valence-electron chi connectivity index (χ4n) is 1.92. The van der Waals surface area contributed by atoms with Gasteiger partial charge in [-0.25, -0.2) is 19.4 Å². The number of aromatic carboxylic acids is 3. The van der Waals surface area contributed by atoms with Crippen molar-refractivity contribution in [1.29, 1.82) is 0 Å². The summed E-state index contributed by atoms with van der Waals surface area (Å²) in [7, 11) is 0. The number of nitrogens with one attached hydrogen (secondary N) is 1. The third-order valence-corrected chi connectivity index (χ3v) is 3.06. The Morgan fingerprint density at radius 3 is 2.08 bits per heavy atom. The van der Waals surface area contributed by atoms with Gasteiger partial charge >= 0.3 is 17.9 Å². The Labute approximate surface area is 135 Å². The lowest BCUT2D eigenvalue weighted by Crippen LogP contribution is -2.10. The fraction of sp³-hybridized carbons (Fsp3) is 0. The van der Waals surface area contributed by atoms with Gasteiger partial charge in [-0.1, -0.05) is 12.1 Å². The molecule has 1 aromatic heterocycles. The van der Waals surface area contributed by atoms with Crippen molar-refractivity contribution in [2.24, 2.45) is 0 Å². The van der Waals surface area contributed by atoms with Gasteiger partial charge < -0.3 is 20.3 Å². The number of fused-ring (bicyclic) bond motifs is 1. The summed E-state index contributed by atoms with van der Waals surface area (Å²) in [5, 5.41) is 25.9. The second-order valence-corrected chi connectivity index (χ2v) is 4.60. The van der Waals surface area contributed by atoms with Gasteiger partial charge in [0.05, 0.1) is 34.1 Å². The summed E-state index contributed by atoms with van der Waals surface area (Å²) >= 11 is 0. The van der Waals surface area contributed by atoms with Crippen LogP contribution in [0.15, 0.2) is 48.8 Å². The molecule has 3 aromatic rings. The van der Waals surface area contributed by atoms with E-state index in [1.54, 1.807) is 6.33 Å². The molecule has 0 aliphatic rings. The van der Waals surface area contributed by atoms with E-state index in [2.05, 4.69) is 9.97 Å². The summed E-state index contributed by atoms with van der Waals surface area (Å²) in [6, 6.07) is 10.7. The third-order valence-electron chi connectivity index (χ3n) is 3.06. The van der Waals surface area contributed by atoms with E-state index in [0.717, 1.165) is 29.2 Å². The first-order chi connectivity index (χ1) is 11.4. The predicted octanol–water partition coefficient (Wildman–Crippen LogP) is 2.34. The molecule has 0 radical (unpaired) electrons. The molecule has 0 atom stereocenters. The van der Waals surface area contributed by atoms with Gasteiger partial charge in [0.2, 0.25) is 0 Å². The SMILES string of the molecule is O=C(O)c1ccc(C(=O)O)c(C(=O)O)c1.c1ccc2[nH]cnc2c1. The number of aromatic amines is 1. The predicted molar refractivity (Wildman–Crippen MR) is 83.4 cm³/mol. The first-order valence-electron chi connectivity index (χ1n) is 6.62. The van der Waals surface area contributed by atoms with E-state index in [1.165, 1.54) is 0 Å². The molecule has 0 bridgehead atoms. The Hall–Kier alpha value is -3.68. The van der Waals surface area contributed by atoms with Gasteiger partial charge in [0.25, 0.3) is 0 Å². The van der Waals surface area contributed by atoms with Crippen molar-refractivity contribution in [3.63, 3.8) is 0 Å². The molecule has 3 rings (SSSR count). The van der Waals surface area contributed by atoms with Crippen LogP contribution in [0, 0.1) is 0 Å². The van der Waals surface area contributed by atoms with Crippen LogP contribution in [0.25, 0.3) is 11.0 Å². The zero-order valence-corrected chi connectivity index (χ0v) is 12.1. The zero-order chi connectivity index (χ0) is 17.7. The van der Waals surface area contributed by atoms with Gasteiger partial charge in [0.1, 0.15) is 0 Å². The second-order valence-electron chi connectivity index (χ2n) is 4.60. The molecule has 0 saturated carbocycles. The van der Waals surface area contributed by atoms with Crippen LogP contribution in [0.2, 0.25) is 0 Å². The maximum absolute atomic E-state index is 10.6. The van der Waals surface area contributed by atoms with Gasteiger partial charge in [0, 0.05) is 0 Å². The lowest BCUT2D eigenvalue weighted by molar-refractivity contribution is 0.0649. The Balaban J connectivity index is 0.000000194. The van der Waals surface area contributed by atoms with E-state index < -0.39 is 29.0 Å². The largest absolute Gasteiger partial charge is 0.478 e. The molecule has 24 heavy (non-hydrogen) atoms. The maximum atomic E-state index is 10.6. The summed E-state index contributed by atoms with van der Waals surface area (Å²) in [4.78, 5) is 38.8. The van der Waals surface area contributed by atoms with Crippen LogP contribution in [0.1, 0.15) is 31.1 Å². The van der Waals surface area contributed by atoms with Crippen LogP contribution in [0.5, 0.6) is 0 Å². The summed E-state index contributed by atoms with van der Waals surface area (Å²) < 4.78 is 0. The third kappa shape index (κ3) is 3.74. The Morgan fingerprint density at radius 2 is 1.50 bits per heavy atom. The maximum Gasteiger partial charge on any atom is 0.336 e. The van der Waals surface area contributed by atoms with Crippen molar-refractivity contribution < 1.29 is 29.7 Å². The molecule has 0 amide bonds. The highest BCUT2D eigenvalue weighted by Crippen LogP contribution is 2.12. The van der Waals surface area contributed by atoms with E-state index in [4.69, 9.17) is 15.3 Å². The second kappa shape index (κ2) is 7.05. The molecule has 0 saturated heterocycles. The Kier molecular flexibility index (Phi) is 4.90. The van der Waals surface area contributed by atoms with E-state index in [1.807, 2.05) is 24.3 Å². The monoisotopic (exact) mass is 328 g/mol. The molecule has 8 nitrogen and oxygen atoms in total. The molecular formula is C16H12N2O6. The van der Waals surface area contributed by atoms with Gasteiger partial charge in [-0.05, 0) is 30.3 Å². The van der Waals surface area contributed by atoms with Crippen molar-refractivity contribution in [1.82, 2.24) is 9.97 Å². The number of carboxylic acids is 3. The number of rotatable bonds is 3. The molecule has 2 aromatic carbocycles. The van der Waals surface area contributed by atoms with Crippen molar-refractivity contribution >= 4 is 28.9 Å². The van der Waals surface area contributed by atoms with Crippen molar-refractivity contribution in [3.05, 3.63) is 65.5 Å². The molecule has 0 spiro atoms. The molecular weight excluding hydrogens is 316 g/mol. The summed E-state index contributed by atoms with van der Waals surface area (Å²) in [6.07, 6.45) is 1.70. The molecule has 122 valence electrons. The van der Waals surface area contributed by atoms with E-state index in [-0.39, 0.29) is 5.56 Å². The highest BCUT2D eigenvalue weighted by Gasteiger charge is 2.17. The van der Waals surface area contributed by atoms with Crippen LogP contribution < -0.4 is 0 Å². The molecule has 8 heteroatoms. The van der Waals surface area contributed by atoms with E-state index in [9.17, 15) is 14.4 Å². The number of hydrogen-bond acceptors (Lipinski definition) is 4. The first-order valence-corrected chi connectivity index (χ1v) is 6.62. The van der Waals surface area contributed by atoms with Gasteiger partial charge in [-0.2, -0.15) is 0 Å². The standard InChI is InChI=1S/C9H6O6.C7H6N2/c10-7(11)4-1-2-5(8(12)13)6(3-4)9(14)15;1-2-4-7-6(3-1)8-5-9-7/h1-3H,(H,10,11)(H,12,13)(H,14,15);1-5H,(H,8,9). The van der Waals surface area contributed by atoms with Crippen LogP contribution >= 0.6 is 0 Å². The van der Waals surface area contributed by atoms with E-state index >= 15 is 0 Å². The molecule has 0 unspecified atom stereocenters. The van der Waals surface area contributed by atoms with Gasteiger partial charge in [-0.15, -0.1) is 0 Å². The Morgan fingerprint density at radius 1 is 0.833 bits per heavy atom. The molecule has 4 N–H and O–H groups in total. The normalized spacial score (nSPS) is 9.83. The lowest BCUT2D eigenvalue weighted by Gasteiger charge is -2.02. The summed E-state index contributed by atoms with van der Waals surface area (Å²) in [5.74, 6) is -4.20. The van der Waals surface area contributed by atoms with Crippen molar-refractivity contribution in [3.8, 4) is 0 Å². The topological polar surface area (TPSA) is 141 Å². The van der Waals surface area contributed by atoms with Crippen LogP contribution in [-0.4, -0.2) is 43.2 Å². The minimum atomic E-state index is -1.48. The fourth-order valence-corrected chi connectivity index (χ4v) is 1.92. The number of nitrogens with zero attached hydrogens (tertiary/aromatic N) is 1. The number of imidazole rings is 1. The number of benzene rings is 2. The minimum absolute atomic E-state index is 0.266. The van der Waals surface area contributed by atoms with Gasteiger partial charge in [0.15, 0.2) is 0 Å². The molecule has 0 aliphatic heterocycles. The number of H-pyrrole nitrogens is 1. The number of aromatic nitrogens is 2. The van der Waals surface area contributed by atoms with Crippen LogP contribution in [-0.2, 0) is 0 Å². The Bertz CT molecular complexity index is 886. The quantitative estimate of drug-likeness (QED) is 0.578. The summed E-state index contributed by atoms with van der Waals surface area (Å²) in [5.41, 5.74) is 0.877. The highest BCUT2D eigenvalue weighted by atomic mass is 16.4.